The number of benzene rings is 3. The molecule has 0 radical (unpaired) electrons. The number of halogens is 1. The standard InChI is InChI=1S/C24H21ClN2O3/c1-15-7-5-8-16(2)22(15)26-21(28)14-27-20-12-4-3-11-19(20)24(30,23(27)29)17-9-6-10-18(25)13-17/h3-13,30H,14H2,1-2H3,(H,26,28)/t24-/m1/s1. The number of nitrogens with zero attached hydrogens (tertiary/aromatic N) is 1. The van der Waals surface area contributed by atoms with E-state index in [1.54, 1.807) is 48.5 Å². The molecule has 0 aliphatic carbocycles. The van der Waals surface area contributed by atoms with E-state index in [1.165, 1.54) is 4.90 Å². The van der Waals surface area contributed by atoms with Gasteiger partial charge in [0.25, 0.3) is 5.91 Å². The van der Waals surface area contributed by atoms with Crippen LogP contribution >= 0.6 is 11.6 Å². The van der Waals surface area contributed by atoms with Crippen molar-refractivity contribution < 1.29 is 14.7 Å². The summed E-state index contributed by atoms with van der Waals surface area (Å²) in [5.41, 5.74) is 2.00. The van der Waals surface area contributed by atoms with Gasteiger partial charge >= 0.3 is 0 Å². The van der Waals surface area contributed by atoms with Crippen LogP contribution in [0.15, 0.2) is 66.7 Å². The lowest BCUT2D eigenvalue weighted by Crippen LogP contribution is -2.44. The summed E-state index contributed by atoms with van der Waals surface area (Å²) in [6, 6.07) is 19.3. The van der Waals surface area contributed by atoms with Crippen molar-refractivity contribution in [1.29, 1.82) is 0 Å². The Kier molecular flexibility index (Phi) is 5.10. The number of rotatable bonds is 4. The van der Waals surface area contributed by atoms with Crippen molar-refractivity contribution in [1.82, 2.24) is 0 Å². The molecule has 0 aromatic heterocycles. The fourth-order valence-corrected chi connectivity index (χ4v) is 4.11. The molecule has 1 atom stereocenters. The normalized spacial score (nSPS) is 17.7. The van der Waals surface area contributed by atoms with E-state index >= 15 is 0 Å². The monoisotopic (exact) mass is 420 g/mol. The van der Waals surface area contributed by atoms with Crippen LogP contribution in [0.2, 0.25) is 5.02 Å². The zero-order valence-electron chi connectivity index (χ0n) is 16.6. The average molecular weight is 421 g/mol. The maximum absolute atomic E-state index is 13.4. The van der Waals surface area contributed by atoms with Crippen molar-refractivity contribution in [3.8, 4) is 0 Å². The van der Waals surface area contributed by atoms with Gasteiger partial charge in [0.2, 0.25) is 5.91 Å². The maximum atomic E-state index is 13.4. The van der Waals surface area contributed by atoms with E-state index in [2.05, 4.69) is 5.32 Å². The lowest BCUT2D eigenvalue weighted by molar-refractivity contribution is -0.133. The Morgan fingerprint density at radius 3 is 2.40 bits per heavy atom. The summed E-state index contributed by atoms with van der Waals surface area (Å²) in [4.78, 5) is 27.5. The molecule has 0 unspecified atom stereocenters. The van der Waals surface area contributed by atoms with Crippen LogP contribution < -0.4 is 10.2 Å². The van der Waals surface area contributed by atoms with E-state index < -0.39 is 11.5 Å². The largest absolute Gasteiger partial charge is 0.372 e. The van der Waals surface area contributed by atoms with Gasteiger partial charge in [-0.05, 0) is 48.7 Å². The van der Waals surface area contributed by atoms with Gasteiger partial charge in [-0.15, -0.1) is 0 Å². The smallest absolute Gasteiger partial charge is 0.268 e. The first-order valence-corrected chi connectivity index (χ1v) is 9.96. The second-order valence-electron chi connectivity index (χ2n) is 7.44. The van der Waals surface area contributed by atoms with Crippen molar-refractivity contribution in [2.45, 2.75) is 19.4 Å². The van der Waals surface area contributed by atoms with Crippen LogP contribution in [0.4, 0.5) is 11.4 Å². The highest BCUT2D eigenvalue weighted by atomic mass is 35.5. The number of aryl methyl sites for hydroxylation is 2. The number of anilines is 2. The third-order valence-corrected chi connectivity index (χ3v) is 5.66. The maximum Gasteiger partial charge on any atom is 0.268 e. The molecule has 3 aromatic rings. The fourth-order valence-electron chi connectivity index (χ4n) is 3.92. The minimum Gasteiger partial charge on any atom is -0.372 e. The van der Waals surface area contributed by atoms with Gasteiger partial charge in [-0.1, -0.05) is 60.1 Å². The highest BCUT2D eigenvalue weighted by Gasteiger charge is 2.51. The lowest BCUT2D eigenvalue weighted by atomic mass is 9.87. The van der Waals surface area contributed by atoms with Crippen LogP contribution in [0, 0.1) is 13.8 Å². The Labute approximate surface area is 179 Å². The molecule has 3 aromatic carbocycles. The average Bonchev–Trinajstić information content (AvgIpc) is 2.94. The van der Waals surface area contributed by atoms with Gasteiger partial charge in [-0.2, -0.15) is 0 Å². The van der Waals surface area contributed by atoms with Crippen LogP contribution in [-0.2, 0) is 15.2 Å². The molecule has 0 saturated heterocycles. The van der Waals surface area contributed by atoms with E-state index in [0.717, 1.165) is 16.8 Å². The molecule has 2 N–H and O–H groups in total. The first kappa shape index (κ1) is 20.1. The summed E-state index contributed by atoms with van der Waals surface area (Å²) in [6.07, 6.45) is 0. The van der Waals surface area contributed by atoms with Crippen LogP contribution in [0.1, 0.15) is 22.3 Å². The van der Waals surface area contributed by atoms with Gasteiger partial charge in [0.15, 0.2) is 5.60 Å². The summed E-state index contributed by atoms with van der Waals surface area (Å²) in [6.45, 7) is 3.61. The number of aliphatic hydroxyl groups is 1. The molecule has 30 heavy (non-hydrogen) atoms. The van der Waals surface area contributed by atoms with E-state index in [0.29, 0.717) is 21.8 Å². The minimum atomic E-state index is -1.90. The zero-order valence-corrected chi connectivity index (χ0v) is 17.4. The lowest BCUT2D eigenvalue weighted by Gasteiger charge is -2.24. The number of fused-ring (bicyclic) bond motifs is 1. The van der Waals surface area contributed by atoms with Crippen LogP contribution in [0.3, 0.4) is 0 Å². The van der Waals surface area contributed by atoms with Gasteiger partial charge in [0.1, 0.15) is 6.54 Å². The summed E-state index contributed by atoms with van der Waals surface area (Å²) in [5.74, 6) is -0.923. The minimum absolute atomic E-state index is 0.216. The summed E-state index contributed by atoms with van der Waals surface area (Å²) in [7, 11) is 0. The second-order valence-corrected chi connectivity index (χ2v) is 7.88. The fraction of sp³-hybridized carbons (Fsp3) is 0.167. The Morgan fingerprint density at radius 1 is 1.03 bits per heavy atom. The number of carbonyl (C=O) groups is 2. The molecule has 1 aliphatic heterocycles. The molecular formula is C24H21ClN2O3. The number of para-hydroxylation sites is 2. The van der Waals surface area contributed by atoms with E-state index in [4.69, 9.17) is 11.6 Å². The van der Waals surface area contributed by atoms with E-state index in [1.807, 2.05) is 32.0 Å². The predicted octanol–water partition coefficient (Wildman–Crippen LogP) is 4.18. The number of hydrogen-bond acceptors (Lipinski definition) is 3. The molecule has 0 spiro atoms. The van der Waals surface area contributed by atoms with Gasteiger partial charge < -0.3 is 10.4 Å². The Hall–Kier alpha value is -3.15. The van der Waals surface area contributed by atoms with E-state index in [-0.39, 0.29) is 12.5 Å². The molecule has 2 amide bonds. The Bertz CT molecular complexity index is 1140. The third-order valence-electron chi connectivity index (χ3n) is 5.43. The van der Waals surface area contributed by atoms with Crippen LogP contribution in [0.5, 0.6) is 0 Å². The molecule has 0 fully saturated rings. The summed E-state index contributed by atoms with van der Waals surface area (Å²) in [5, 5.41) is 14.8. The summed E-state index contributed by atoms with van der Waals surface area (Å²) < 4.78 is 0. The molecule has 6 heteroatoms. The molecule has 4 rings (SSSR count). The number of nitrogens with one attached hydrogen (secondary N) is 1. The second kappa shape index (κ2) is 7.59. The van der Waals surface area contributed by atoms with Gasteiger partial charge in [-0.25, -0.2) is 0 Å². The molecule has 1 heterocycles. The summed E-state index contributed by atoms with van der Waals surface area (Å²) >= 11 is 6.10. The first-order valence-electron chi connectivity index (χ1n) is 9.58. The molecule has 0 saturated carbocycles. The molecular weight excluding hydrogens is 400 g/mol. The zero-order chi connectivity index (χ0) is 21.5. The van der Waals surface area contributed by atoms with Crippen molar-refractivity contribution in [2.24, 2.45) is 0 Å². The van der Waals surface area contributed by atoms with Gasteiger partial charge in [0.05, 0.1) is 5.69 Å². The van der Waals surface area contributed by atoms with Crippen molar-refractivity contribution in [3.63, 3.8) is 0 Å². The Morgan fingerprint density at radius 2 is 1.70 bits per heavy atom. The van der Waals surface area contributed by atoms with Crippen molar-refractivity contribution >= 4 is 34.8 Å². The van der Waals surface area contributed by atoms with Crippen LogP contribution in [-0.4, -0.2) is 23.5 Å². The van der Waals surface area contributed by atoms with Crippen LogP contribution in [0.25, 0.3) is 0 Å². The molecule has 152 valence electrons. The predicted molar refractivity (Wildman–Crippen MR) is 118 cm³/mol. The number of amides is 2. The number of carbonyl (C=O) groups excluding carboxylic acids is 2. The SMILES string of the molecule is Cc1cccc(C)c1NC(=O)CN1C(=O)[C@@](O)(c2cccc(Cl)c2)c2ccccc21. The quantitative estimate of drug-likeness (QED) is 0.665. The molecule has 0 bridgehead atoms. The third kappa shape index (κ3) is 3.26. The van der Waals surface area contributed by atoms with Crippen molar-refractivity contribution in [3.05, 3.63) is 94.0 Å². The van der Waals surface area contributed by atoms with Crippen molar-refractivity contribution in [2.75, 3.05) is 16.8 Å². The number of hydrogen-bond donors (Lipinski definition) is 2. The Balaban J connectivity index is 1.68. The first-order chi connectivity index (χ1) is 14.3. The molecule has 5 nitrogen and oxygen atoms in total. The van der Waals surface area contributed by atoms with Gasteiger partial charge in [0, 0.05) is 16.3 Å². The highest BCUT2D eigenvalue weighted by molar-refractivity contribution is 6.30. The highest BCUT2D eigenvalue weighted by Crippen LogP contribution is 2.44. The van der Waals surface area contributed by atoms with E-state index in [9.17, 15) is 14.7 Å². The molecule has 1 aliphatic rings. The van der Waals surface area contributed by atoms with Gasteiger partial charge in [-0.3, -0.25) is 14.5 Å². The topological polar surface area (TPSA) is 69.6 Å².